The third-order valence-electron chi connectivity index (χ3n) is 2.46. The number of carboxylic acids is 1. The van der Waals surface area contributed by atoms with Crippen LogP contribution in [0.15, 0.2) is 12.1 Å². The van der Waals surface area contributed by atoms with Crippen molar-refractivity contribution >= 4 is 5.97 Å². The van der Waals surface area contributed by atoms with Gasteiger partial charge in [0.2, 0.25) is 5.88 Å². The van der Waals surface area contributed by atoms with E-state index in [0.29, 0.717) is 18.9 Å². The molecule has 0 saturated carbocycles. The fourth-order valence-corrected chi connectivity index (χ4v) is 1.47. The molecule has 0 aliphatic carbocycles. The molecule has 4 nitrogen and oxygen atoms in total. The minimum absolute atomic E-state index is 0.238. The first kappa shape index (κ1) is 13.5. The lowest BCUT2D eigenvalue weighted by Gasteiger charge is -2.07. The van der Waals surface area contributed by atoms with Gasteiger partial charge in [-0.05, 0) is 18.9 Å². The molecular weight excluding hydrogens is 218 g/mol. The highest BCUT2D eigenvalue weighted by atomic mass is 16.5. The lowest BCUT2D eigenvalue weighted by molar-refractivity contribution is 0.0696. The van der Waals surface area contributed by atoms with Crippen LogP contribution in [0.25, 0.3) is 0 Å². The first-order valence-corrected chi connectivity index (χ1v) is 6.04. The number of hydrogen-bond acceptors (Lipinski definition) is 3. The summed E-state index contributed by atoms with van der Waals surface area (Å²) in [6.45, 7) is 4.65. The van der Waals surface area contributed by atoms with Gasteiger partial charge in [-0.2, -0.15) is 0 Å². The van der Waals surface area contributed by atoms with E-state index in [1.54, 1.807) is 6.07 Å². The van der Waals surface area contributed by atoms with E-state index < -0.39 is 5.97 Å². The van der Waals surface area contributed by atoms with Gasteiger partial charge in [-0.15, -0.1) is 0 Å². The monoisotopic (exact) mass is 237 g/mol. The highest BCUT2D eigenvalue weighted by Crippen LogP contribution is 2.14. The number of carbonyl (C=O) groups is 1. The Kier molecular flexibility index (Phi) is 5.46. The quantitative estimate of drug-likeness (QED) is 0.741. The Morgan fingerprint density at radius 1 is 1.35 bits per heavy atom. The van der Waals surface area contributed by atoms with Gasteiger partial charge in [0.05, 0.1) is 12.2 Å². The predicted molar refractivity (Wildman–Crippen MR) is 65.6 cm³/mol. The molecule has 1 aromatic rings. The molecule has 0 radical (unpaired) electrons. The van der Waals surface area contributed by atoms with Crippen molar-refractivity contribution in [3.05, 3.63) is 23.4 Å². The molecule has 4 heteroatoms. The average Bonchev–Trinajstić information content (AvgIpc) is 2.34. The lowest BCUT2D eigenvalue weighted by Crippen LogP contribution is -2.04. The zero-order valence-electron chi connectivity index (χ0n) is 10.4. The fraction of sp³-hybridized carbons (Fsp3) is 0.538. The molecule has 1 N–H and O–H groups in total. The van der Waals surface area contributed by atoms with E-state index in [2.05, 4.69) is 11.9 Å². The molecule has 0 aliphatic rings. The third-order valence-corrected chi connectivity index (χ3v) is 2.46. The van der Waals surface area contributed by atoms with Crippen molar-refractivity contribution in [2.45, 2.75) is 39.5 Å². The van der Waals surface area contributed by atoms with Gasteiger partial charge in [-0.1, -0.05) is 26.7 Å². The van der Waals surface area contributed by atoms with E-state index in [1.807, 2.05) is 6.92 Å². The maximum atomic E-state index is 10.9. The van der Waals surface area contributed by atoms with Gasteiger partial charge in [-0.3, -0.25) is 0 Å². The Morgan fingerprint density at radius 2 is 2.12 bits per heavy atom. The maximum Gasteiger partial charge on any atom is 0.335 e. The van der Waals surface area contributed by atoms with Crippen LogP contribution < -0.4 is 4.74 Å². The highest BCUT2D eigenvalue weighted by Gasteiger charge is 2.08. The summed E-state index contributed by atoms with van der Waals surface area (Å²) >= 11 is 0. The van der Waals surface area contributed by atoms with Crippen LogP contribution in [0.3, 0.4) is 0 Å². The Balaban J connectivity index is 2.70. The molecule has 0 aromatic carbocycles. The molecule has 0 bridgehead atoms. The van der Waals surface area contributed by atoms with Gasteiger partial charge in [0.25, 0.3) is 0 Å². The van der Waals surface area contributed by atoms with Gasteiger partial charge in [0, 0.05) is 11.8 Å². The van der Waals surface area contributed by atoms with Crippen LogP contribution in [0.4, 0.5) is 0 Å². The molecule has 0 fully saturated rings. The van der Waals surface area contributed by atoms with Crippen molar-refractivity contribution < 1.29 is 14.6 Å². The minimum Gasteiger partial charge on any atom is -0.478 e. The lowest BCUT2D eigenvalue weighted by atomic mass is 10.2. The Morgan fingerprint density at radius 3 is 2.71 bits per heavy atom. The van der Waals surface area contributed by atoms with Gasteiger partial charge in [0.1, 0.15) is 0 Å². The number of pyridine rings is 1. The topological polar surface area (TPSA) is 59.4 Å². The Hall–Kier alpha value is -1.58. The molecule has 0 unspecified atom stereocenters. The van der Waals surface area contributed by atoms with Gasteiger partial charge >= 0.3 is 5.97 Å². The molecule has 0 spiro atoms. The number of nitrogens with zero attached hydrogens (tertiary/aromatic N) is 1. The van der Waals surface area contributed by atoms with Crippen molar-refractivity contribution in [3.8, 4) is 5.88 Å². The molecular formula is C13H19NO3. The summed E-state index contributed by atoms with van der Waals surface area (Å²) in [6, 6.07) is 3.06. The van der Waals surface area contributed by atoms with Crippen molar-refractivity contribution in [2.75, 3.05) is 6.61 Å². The van der Waals surface area contributed by atoms with Crippen LogP contribution in [0.1, 0.15) is 49.2 Å². The Bertz CT molecular complexity index is 377. The van der Waals surface area contributed by atoms with Crippen molar-refractivity contribution in [2.24, 2.45) is 0 Å². The standard InChI is InChI=1S/C13H19NO3/c1-3-5-6-7-17-12-9-10(13(15)16)8-11(4-2)14-12/h8-9H,3-7H2,1-2H3,(H,15,16). The molecule has 94 valence electrons. The summed E-state index contributed by atoms with van der Waals surface area (Å²) in [4.78, 5) is 15.2. The van der Waals surface area contributed by atoms with Gasteiger partial charge in [-0.25, -0.2) is 9.78 Å². The summed E-state index contributed by atoms with van der Waals surface area (Å²) in [5, 5.41) is 8.96. The van der Waals surface area contributed by atoms with Crippen LogP contribution in [0.5, 0.6) is 5.88 Å². The van der Waals surface area contributed by atoms with Crippen LogP contribution in [0.2, 0.25) is 0 Å². The number of carboxylic acid groups (broad SMARTS) is 1. The average molecular weight is 237 g/mol. The van der Waals surface area contributed by atoms with Gasteiger partial charge in [0.15, 0.2) is 0 Å². The third kappa shape index (κ3) is 4.43. The second-order valence-corrected chi connectivity index (χ2v) is 3.90. The number of aromatic carboxylic acids is 1. The SMILES string of the molecule is CCCCCOc1cc(C(=O)O)cc(CC)n1. The molecule has 0 saturated heterocycles. The van der Waals surface area contributed by atoms with Crippen LogP contribution in [-0.4, -0.2) is 22.7 Å². The first-order valence-electron chi connectivity index (χ1n) is 6.04. The zero-order chi connectivity index (χ0) is 12.7. The second-order valence-electron chi connectivity index (χ2n) is 3.90. The van der Waals surface area contributed by atoms with Crippen molar-refractivity contribution in [1.29, 1.82) is 0 Å². The van der Waals surface area contributed by atoms with Crippen molar-refractivity contribution in [3.63, 3.8) is 0 Å². The summed E-state index contributed by atoms with van der Waals surface area (Å²) < 4.78 is 5.47. The first-order chi connectivity index (χ1) is 8.17. The molecule has 0 atom stereocenters. The van der Waals surface area contributed by atoms with E-state index in [-0.39, 0.29) is 5.56 Å². The summed E-state index contributed by atoms with van der Waals surface area (Å²) in [5.74, 6) is -0.529. The number of ether oxygens (including phenoxy) is 1. The normalized spacial score (nSPS) is 10.2. The van der Waals surface area contributed by atoms with E-state index in [1.165, 1.54) is 6.07 Å². The maximum absolute atomic E-state index is 10.9. The summed E-state index contributed by atoms with van der Waals surface area (Å²) in [5.41, 5.74) is 0.984. The molecule has 1 rings (SSSR count). The van der Waals surface area contributed by atoms with Gasteiger partial charge < -0.3 is 9.84 Å². The molecule has 1 aromatic heterocycles. The summed E-state index contributed by atoms with van der Waals surface area (Å²) in [6.07, 6.45) is 3.91. The van der Waals surface area contributed by atoms with E-state index in [4.69, 9.17) is 9.84 Å². The van der Waals surface area contributed by atoms with E-state index in [0.717, 1.165) is 25.0 Å². The zero-order valence-corrected chi connectivity index (χ0v) is 10.4. The highest BCUT2D eigenvalue weighted by molar-refractivity contribution is 5.88. The van der Waals surface area contributed by atoms with E-state index >= 15 is 0 Å². The van der Waals surface area contributed by atoms with Crippen LogP contribution in [-0.2, 0) is 6.42 Å². The summed E-state index contributed by atoms with van der Waals surface area (Å²) in [7, 11) is 0. The smallest absolute Gasteiger partial charge is 0.335 e. The minimum atomic E-state index is -0.944. The number of aromatic nitrogens is 1. The van der Waals surface area contributed by atoms with Crippen LogP contribution >= 0.6 is 0 Å². The molecule has 0 aliphatic heterocycles. The number of hydrogen-bond donors (Lipinski definition) is 1. The van der Waals surface area contributed by atoms with E-state index in [9.17, 15) is 4.79 Å². The molecule has 1 heterocycles. The second kappa shape index (κ2) is 6.89. The largest absolute Gasteiger partial charge is 0.478 e. The molecule has 17 heavy (non-hydrogen) atoms. The number of aryl methyl sites for hydroxylation is 1. The van der Waals surface area contributed by atoms with Crippen LogP contribution in [0, 0.1) is 0 Å². The number of unbranched alkanes of at least 4 members (excludes halogenated alkanes) is 2. The molecule has 0 amide bonds. The Labute approximate surface area is 102 Å². The van der Waals surface area contributed by atoms with Crippen molar-refractivity contribution in [1.82, 2.24) is 4.98 Å². The number of rotatable bonds is 7. The fourth-order valence-electron chi connectivity index (χ4n) is 1.47. The predicted octanol–water partition coefficient (Wildman–Crippen LogP) is 2.91.